The average Bonchev–Trinajstić information content (AvgIpc) is 2.80. The summed E-state index contributed by atoms with van der Waals surface area (Å²) in [6.07, 6.45) is 1.91. The Morgan fingerprint density at radius 3 is 2.83 bits per heavy atom. The van der Waals surface area contributed by atoms with Crippen LogP contribution in [0, 0.1) is 0 Å². The third-order valence-electron chi connectivity index (χ3n) is 1.72. The molecule has 1 fully saturated rings. The zero-order chi connectivity index (χ0) is 8.97. The van der Waals surface area contributed by atoms with E-state index < -0.39 is 6.10 Å². The number of hydrogen-bond acceptors (Lipinski definition) is 3. The second-order valence-electron chi connectivity index (χ2n) is 3.31. The predicted molar refractivity (Wildman–Crippen MR) is 45.7 cm³/mol. The molecule has 1 aliphatic rings. The van der Waals surface area contributed by atoms with Gasteiger partial charge in [0, 0.05) is 12.6 Å². The maximum absolute atomic E-state index is 11.0. The van der Waals surface area contributed by atoms with E-state index in [1.807, 2.05) is 0 Å². The van der Waals surface area contributed by atoms with Gasteiger partial charge in [0.05, 0.1) is 12.6 Å². The average molecular weight is 172 g/mol. The summed E-state index contributed by atoms with van der Waals surface area (Å²) >= 11 is 0. The minimum Gasteiger partial charge on any atom is -0.392 e. The maximum atomic E-state index is 11.0. The largest absolute Gasteiger partial charge is 0.392 e. The minimum atomic E-state index is -0.463. The van der Waals surface area contributed by atoms with E-state index in [2.05, 4.69) is 10.6 Å². The number of amides is 1. The molecule has 0 spiro atoms. The maximum Gasteiger partial charge on any atom is 0.234 e. The van der Waals surface area contributed by atoms with Crippen LogP contribution in [-0.2, 0) is 4.79 Å². The Labute approximate surface area is 72.3 Å². The molecule has 0 radical (unpaired) electrons. The van der Waals surface area contributed by atoms with Gasteiger partial charge in [-0.1, -0.05) is 0 Å². The normalized spacial score (nSPS) is 18.8. The number of carbonyl (C=O) groups excluding carboxylic acids is 1. The summed E-state index contributed by atoms with van der Waals surface area (Å²) in [5, 5.41) is 14.6. The minimum absolute atomic E-state index is 0.0391. The van der Waals surface area contributed by atoms with Crippen molar-refractivity contribution in [3.05, 3.63) is 0 Å². The van der Waals surface area contributed by atoms with Crippen molar-refractivity contribution >= 4 is 5.91 Å². The highest BCUT2D eigenvalue weighted by Gasteiger charge is 2.20. The first kappa shape index (κ1) is 9.48. The number of nitrogens with one attached hydrogen (secondary N) is 2. The lowest BCUT2D eigenvalue weighted by Crippen LogP contribution is -2.38. The number of aliphatic hydroxyl groups excluding tert-OH is 1. The Balaban J connectivity index is 1.95. The highest BCUT2D eigenvalue weighted by atomic mass is 16.3. The fraction of sp³-hybridized carbons (Fsp3) is 0.875. The molecule has 0 unspecified atom stereocenters. The molecule has 0 aromatic heterocycles. The van der Waals surface area contributed by atoms with Crippen molar-refractivity contribution in [2.45, 2.75) is 31.9 Å². The molecule has 1 amide bonds. The Hall–Kier alpha value is -0.610. The van der Waals surface area contributed by atoms with E-state index in [0.717, 1.165) is 0 Å². The Bertz CT molecular complexity index is 147. The molecule has 0 bridgehead atoms. The molecular weight excluding hydrogens is 156 g/mol. The van der Waals surface area contributed by atoms with Crippen LogP contribution < -0.4 is 10.6 Å². The number of aliphatic hydroxyl groups is 1. The molecule has 1 aliphatic carbocycles. The van der Waals surface area contributed by atoms with Gasteiger partial charge in [-0.3, -0.25) is 4.79 Å². The van der Waals surface area contributed by atoms with Gasteiger partial charge in [-0.2, -0.15) is 0 Å². The van der Waals surface area contributed by atoms with Gasteiger partial charge in [0.25, 0.3) is 0 Å². The Morgan fingerprint density at radius 2 is 2.33 bits per heavy atom. The molecule has 0 aromatic carbocycles. The van der Waals surface area contributed by atoms with Gasteiger partial charge in [0.15, 0.2) is 0 Å². The molecule has 0 aliphatic heterocycles. The highest BCUT2D eigenvalue weighted by Crippen LogP contribution is 2.17. The molecule has 1 rings (SSSR count). The van der Waals surface area contributed by atoms with Gasteiger partial charge in [-0.05, 0) is 19.8 Å². The predicted octanol–water partition coefficient (Wildman–Crippen LogP) is -0.765. The van der Waals surface area contributed by atoms with E-state index in [1.54, 1.807) is 6.92 Å². The van der Waals surface area contributed by atoms with Crippen molar-refractivity contribution in [1.82, 2.24) is 10.6 Å². The summed E-state index contributed by atoms with van der Waals surface area (Å²) in [5.74, 6) is -0.0391. The Kier molecular flexibility index (Phi) is 3.49. The van der Waals surface area contributed by atoms with E-state index in [0.29, 0.717) is 19.1 Å². The van der Waals surface area contributed by atoms with Crippen LogP contribution in [0.2, 0.25) is 0 Å². The zero-order valence-electron chi connectivity index (χ0n) is 7.34. The number of carbonyl (C=O) groups is 1. The second kappa shape index (κ2) is 4.42. The van der Waals surface area contributed by atoms with Crippen molar-refractivity contribution in [2.75, 3.05) is 13.1 Å². The SMILES string of the molecule is C[C@H](O)CNC(=O)CNC1CC1. The van der Waals surface area contributed by atoms with Crippen LogP contribution in [0.4, 0.5) is 0 Å². The third-order valence-corrected chi connectivity index (χ3v) is 1.72. The molecule has 12 heavy (non-hydrogen) atoms. The van der Waals surface area contributed by atoms with Gasteiger partial charge in [0.1, 0.15) is 0 Å². The molecule has 4 heteroatoms. The van der Waals surface area contributed by atoms with Crippen LogP contribution in [0.5, 0.6) is 0 Å². The summed E-state index contributed by atoms with van der Waals surface area (Å²) in [6, 6.07) is 0.558. The molecule has 70 valence electrons. The highest BCUT2D eigenvalue weighted by molar-refractivity contribution is 5.78. The quantitative estimate of drug-likeness (QED) is 0.510. The van der Waals surface area contributed by atoms with Crippen molar-refractivity contribution < 1.29 is 9.90 Å². The zero-order valence-corrected chi connectivity index (χ0v) is 7.34. The van der Waals surface area contributed by atoms with Crippen molar-refractivity contribution in [3.63, 3.8) is 0 Å². The Morgan fingerprint density at radius 1 is 1.67 bits per heavy atom. The first-order valence-electron chi connectivity index (χ1n) is 4.36. The lowest BCUT2D eigenvalue weighted by molar-refractivity contribution is -0.120. The summed E-state index contributed by atoms with van der Waals surface area (Å²) in [6.45, 7) is 2.36. The van der Waals surface area contributed by atoms with E-state index in [1.165, 1.54) is 12.8 Å². The van der Waals surface area contributed by atoms with Gasteiger partial charge >= 0.3 is 0 Å². The topological polar surface area (TPSA) is 61.4 Å². The van der Waals surface area contributed by atoms with Crippen LogP contribution >= 0.6 is 0 Å². The van der Waals surface area contributed by atoms with Crippen LogP contribution in [0.15, 0.2) is 0 Å². The monoisotopic (exact) mass is 172 g/mol. The number of rotatable bonds is 5. The van der Waals surface area contributed by atoms with Crippen LogP contribution in [0.3, 0.4) is 0 Å². The van der Waals surface area contributed by atoms with E-state index in [9.17, 15) is 4.79 Å². The van der Waals surface area contributed by atoms with E-state index >= 15 is 0 Å². The lowest BCUT2D eigenvalue weighted by Gasteiger charge is -2.07. The fourth-order valence-electron chi connectivity index (χ4n) is 0.849. The molecular formula is C8H16N2O2. The van der Waals surface area contributed by atoms with Crippen molar-refractivity contribution in [1.29, 1.82) is 0 Å². The second-order valence-corrected chi connectivity index (χ2v) is 3.31. The number of hydrogen-bond donors (Lipinski definition) is 3. The van der Waals surface area contributed by atoms with Gasteiger partial charge in [-0.15, -0.1) is 0 Å². The fourth-order valence-corrected chi connectivity index (χ4v) is 0.849. The van der Waals surface area contributed by atoms with Crippen molar-refractivity contribution in [2.24, 2.45) is 0 Å². The summed E-state index contributed by atoms with van der Waals surface area (Å²) in [5.41, 5.74) is 0. The smallest absolute Gasteiger partial charge is 0.234 e. The van der Waals surface area contributed by atoms with Crippen LogP contribution in [0.25, 0.3) is 0 Å². The van der Waals surface area contributed by atoms with E-state index in [-0.39, 0.29) is 5.91 Å². The lowest BCUT2D eigenvalue weighted by atomic mass is 10.4. The third kappa shape index (κ3) is 4.31. The summed E-state index contributed by atoms with van der Waals surface area (Å²) < 4.78 is 0. The molecule has 0 heterocycles. The van der Waals surface area contributed by atoms with E-state index in [4.69, 9.17) is 5.11 Å². The van der Waals surface area contributed by atoms with Crippen molar-refractivity contribution in [3.8, 4) is 0 Å². The van der Waals surface area contributed by atoms with Crippen LogP contribution in [0.1, 0.15) is 19.8 Å². The first-order chi connectivity index (χ1) is 5.68. The molecule has 1 atom stereocenters. The summed E-state index contributed by atoms with van der Waals surface area (Å²) in [7, 11) is 0. The molecule has 0 saturated heterocycles. The summed E-state index contributed by atoms with van der Waals surface area (Å²) in [4.78, 5) is 11.0. The molecule has 1 saturated carbocycles. The first-order valence-corrected chi connectivity index (χ1v) is 4.36. The van der Waals surface area contributed by atoms with Crippen LogP contribution in [-0.4, -0.2) is 36.2 Å². The van der Waals surface area contributed by atoms with Gasteiger partial charge in [0.2, 0.25) is 5.91 Å². The standard InChI is InChI=1S/C8H16N2O2/c1-6(11)4-10-8(12)5-9-7-2-3-7/h6-7,9,11H,2-5H2,1H3,(H,10,12)/t6-/m0/s1. The van der Waals surface area contributed by atoms with Gasteiger partial charge in [-0.25, -0.2) is 0 Å². The molecule has 4 nitrogen and oxygen atoms in total. The molecule has 0 aromatic rings. The van der Waals surface area contributed by atoms with Gasteiger partial charge < -0.3 is 15.7 Å². The molecule has 3 N–H and O–H groups in total.